The molecule has 0 aliphatic heterocycles. The van der Waals surface area contributed by atoms with E-state index in [0.717, 1.165) is 32.6 Å². The number of thiazole rings is 1. The van der Waals surface area contributed by atoms with Crippen molar-refractivity contribution in [2.75, 3.05) is 11.9 Å². The molecule has 7 nitrogen and oxygen atoms in total. The first kappa shape index (κ1) is 14.7. The van der Waals surface area contributed by atoms with Gasteiger partial charge < -0.3 is 5.32 Å². The fourth-order valence-corrected chi connectivity index (χ4v) is 3.44. The molecular formula is C14H18N6OS. The van der Waals surface area contributed by atoms with Crippen molar-refractivity contribution in [1.29, 1.82) is 0 Å². The molecule has 0 bridgehead atoms. The van der Waals surface area contributed by atoms with Crippen molar-refractivity contribution in [3.63, 3.8) is 0 Å². The number of aryl methyl sites for hydroxylation is 4. The summed E-state index contributed by atoms with van der Waals surface area (Å²) in [6, 6.07) is 1.91. The molecule has 0 aromatic carbocycles. The summed E-state index contributed by atoms with van der Waals surface area (Å²) in [5, 5.41) is 8.45. The molecule has 1 N–H and O–H groups in total. The molecule has 3 heterocycles. The number of hydrogen-bond acceptors (Lipinski definition) is 6. The van der Waals surface area contributed by atoms with Crippen LogP contribution >= 0.6 is 11.3 Å². The highest BCUT2D eigenvalue weighted by Gasteiger charge is 2.11. The summed E-state index contributed by atoms with van der Waals surface area (Å²) in [4.78, 5) is 20.4. The number of hydrogen-bond donors (Lipinski definition) is 1. The predicted molar refractivity (Wildman–Crippen MR) is 87.6 cm³/mol. The third kappa shape index (κ3) is 2.61. The van der Waals surface area contributed by atoms with Gasteiger partial charge in [0.2, 0.25) is 0 Å². The summed E-state index contributed by atoms with van der Waals surface area (Å²) < 4.78 is 4.54. The predicted octanol–water partition coefficient (Wildman–Crippen LogP) is 1.62. The molecule has 0 atom stereocenters. The molecule has 0 spiro atoms. The number of fused-ring (bicyclic) bond motifs is 1. The number of nitrogens with zero attached hydrogens (tertiary/aromatic N) is 5. The molecule has 22 heavy (non-hydrogen) atoms. The monoisotopic (exact) mass is 318 g/mol. The van der Waals surface area contributed by atoms with Gasteiger partial charge in [-0.1, -0.05) is 11.3 Å². The van der Waals surface area contributed by atoms with Crippen molar-refractivity contribution in [2.24, 2.45) is 7.05 Å². The van der Waals surface area contributed by atoms with Gasteiger partial charge in [-0.05, 0) is 26.8 Å². The highest BCUT2D eigenvalue weighted by atomic mass is 32.1. The zero-order valence-electron chi connectivity index (χ0n) is 13.0. The van der Waals surface area contributed by atoms with E-state index in [0.29, 0.717) is 13.1 Å². The highest BCUT2D eigenvalue weighted by Crippen LogP contribution is 2.27. The van der Waals surface area contributed by atoms with Crippen LogP contribution in [0.2, 0.25) is 0 Å². The minimum absolute atomic E-state index is 0.205. The molecule has 0 aliphatic carbocycles. The van der Waals surface area contributed by atoms with E-state index in [1.165, 1.54) is 0 Å². The third-order valence-electron chi connectivity index (χ3n) is 3.50. The van der Waals surface area contributed by atoms with Crippen molar-refractivity contribution < 1.29 is 0 Å². The Bertz CT molecular complexity index is 856. The minimum atomic E-state index is -0.205. The zero-order valence-corrected chi connectivity index (χ0v) is 13.9. The zero-order chi connectivity index (χ0) is 15.9. The Morgan fingerprint density at radius 3 is 2.73 bits per heavy atom. The van der Waals surface area contributed by atoms with E-state index in [9.17, 15) is 4.79 Å². The highest BCUT2D eigenvalue weighted by molar-refractivity contribution is 7.22. The van der Waals surface area contributed by atoms with Crippen molar-refractivity contribution in [2.45, 2.75) is 27.3 Å². The molecule has 3 rings (SSSR count). The summed E-state index contributed by atoms with van der Waals surface area (Å²) in [5.41, 5.74) is 3.33. The lowest BCUT2D eigenvalue weighted by Crippen LogP contribution is -2.28. The first-order valence-electron chi connectivity index (χ1n) is 7.05. The molecule has 0 saturated heterocycles. The minimum Gasteiger partial charge on any atom is -0.360 e. The molecule has 0 fully saturated rings. The lowest BCUT2D eigenvalue weighted by atomic mass is 10.3. The van der Waals surface area contributed by atoms with E-state index in [-0.39, 0.29) is 5.69 Å². The van der Waals surface area contributed by atoms with Crippen LogP contribution < -0.4 is 11.0 Å². The van der Waals surface area contributed by atoms with Gasteiger partial charge in [0.1, 0.15) is 0 Å². The van der Waals surface area contributed by atoms with Crippen LogP contribution in [0, 0.1) is 20.8 Å². The van der Waals surface area contributed by atoms with Crippen LogP contribution in [0.3, 0.4) is 0 Å². The molecule has 3 aromatic heterocycles. The summed E-state index contributed by atoms with van der Waals surface area (Å²) in [6.07, 6.45) is 0. The Balaban J connectivity index is 1.72. The lowest BCUT2D eigenvalue weighted by Gasteiger charge is -2.09. The Morgan fingerprint density at radius 1 is 1.27 bits per heavy atom. The molecule has 0 amide bonds. The summed E-state index contributed by atoms with van der Waals surface area (Å²) >= 11 is 1.58. The molecule has 0 aliphatic rings. The van der Waals surface area contributed by atoms with Crippen molar-refractivity contribution >= 4 is 26.8 Å². The summed E-state index contributed by atoms with van der Waals surface area (Å²) in [7, 11) is 1.89. The standard InChI is InChI=1S/C14H18N6OS/c1-8-7-9(2)20(14(21)16-8)6-5-15-13-17-12-11(22-13)10(3)18-19(12)4/h7H,5-6H2,1-4H3,(H,15,17). The van der Waals surface area contributed by atoms with Gasteiger partial charge in [0.15, 0.2) is 10.8 Å². The third-order valence-corrected chi connectivity index (χ3v) is 4.61. The normalized spacial score (nSPS) is 11.3. The van der Waals surface area contributed by atoms with Crippen LogP contribution in [-0.4, -0.2) is 30.9 Å². The fraction of sp³-hybridized carbons (Fsp3) is 0.429. The fourth-order valence-electron chi connectivity index (χ4n) is 2.48. The smallest absolute Gasteiger partial charge is 0.348 e. The number of anilines is 1. The maximum Gasteiger partial charge on any atom is 0.348 e. The maximum atomic E-state index is 11.9. The van der Waals surface area contributed by atoms with E-state index in [1.54, 1.807) is 20.6 Å². The summed E-state index contributed by atoms with van der Waals surface area (Å²) in [5.74, 6) is 0. The second-order valence-corrected chi connectivity index (χ2v) is 6.28. The number of nitrogens with one attached hydrogen (secondary N) is 1. The van der Waals surface area contributed by atoms with Gasteiger partial charge in [-0.3, -0.25) is 4.57 Å². The van der Waals surface area contributed by atoms with Crippen LogP contribution in [-0.2, 0) is 13.6 Å². The second-order valence-electron chi connectivity index (χ2n) is 5.28. The SMILES string of the molecule is Cc1cc(C)n(CCNc2nc3c(s2)c(C)nn3C)c(=O)n1. The van der Waals surface area contributed by atoms with Gasteiger partial charge in [0.05, 0.1) is 10.4 Å². The van der Waals surface area contributed by atoms with E-state index in [4.69, 9.17) is 0 Å². The molecule has 3 aromatic rings. The Hall–Kier alpha value is -2.22. The topological polar surface area (TPSA) is 77.6 Å². The number of rotatable bonds is 4. The Kier molecular flexibility index (Phi) is 3.69. The van der Waals surface area contributed by atoms with Crippen LogP contribution in [0.25, 0.3) is 10.3 Å². The Labute approximate surface area is 131 Å². The van der Waals surface area contributed by atoms with Crippen LogP contribution in [0.15, 0.2) is 10.9 Å². The Morgan fingerprint density at radius 2 is 2.05 bits per heavy atom. The van der Waals surface area contributed by atoms with E-state index in [2.05, 4.69) is 20.4 Å². The van der Waals surface area contributed by atoms with E-state index < -0.39 is 0 Å². The molecule has 8 heteroatoms. The summed E-state index contributed by atoms with van der Waals surface area (Å²) in [6.45, 7) is 6.91. The average Bonchev–Trinajstić information content (AvgIpc) is 2.95. The van der Waals surface area contributed by atoms with Gasteiger partial charge in [-0.25, -0.2) is 14.5 Å². The maximum absolute atomic E-state index is 11.9. The lowest BCUT2D eigenvalue weighted by molar-refractivity contribution is 0.647. The second kappa shape index (κ2) is 5.53. The van der Waals surface area contributed by atoms with Crippen molar-refractivity contribution in [1.82, 2.24) is 24.3 Å². The van der Waals surface area contributed by atoms with Gasteiger partial charge in [-0.15, -0.1) is 0 Å². The molecule has 116 valence electrons. The van der Waals surface area contributed by atoms with Crippen molar-refractivity contribution in [3.8, 4) is 0 Å². The molecule has 0 unspecified atom stereocenters. The number of aromatic nitrogens is 5. The van der Waals surface area contributed by atoms with Crippen molar-refractivity contribution in [3.05, 3.63) is 33.6 Å². The first-order valence-corrected chi connectivity index (χ1v) is 7.86. The van der Waals surface area contributed by atoms with Gasteiger partial charge in [-0.2, -0.15) is 10.1 Å². The van der Waals surface area contributed by atoms with Crippen LogP contribution in [0.4, 0.5) is 5.13 Å². The quantitative estimate of drug-likeness (QED) is 0.791. The van der Waals surface area contributed by atoms with Gasteiger partial charge >= 0.3 is 5.69 Å². The van der Waals surface area contributed by atoms with Crippen LogP contribution in [0.5, 0.6) is 0 Å². The molecule has 0 radical (unpaired) electrons. The van der Waals surface area contributed by atoms with Crippen LogP contribution in [0.1, 0.15) is 17.1 Å². The largest absolute Gasteiger partial charge is 0.360 e. The van der Waals surface area contributed by atoms with E-state index in [1.807, 2.05) is 33.9 Å². The van der Waals surface area contributed by atoms with E-state index >= 15 is 0 Å². The molecule has 0 saturated carbocycles. The van der Waals surface area contributed by atoms with Gasteiger partial charge in [0, 0.05) is 31.5 Å². The van der Waals surface area contributed by atoms with Gasteiger partial charge in [0.25, 0.3) is 0 Å². The molecular weight excluding hydrogens is 300 g/mol. The average molecular weight is 318 g/mol. The first-order chi connectivity index (χ1) is 10.5.